The van der Waals surface area contributed by atoms with Crippen LogP contribution in [0.4, 0.5) is 5.13 Å². The van der Waals surface area contributed by atoms with Gasteiger partial charge >= 0.3 is 0 Å². The van der Waals surface area contributed by atoms with Crippen molar-refractivity contribution in [2.24, 2.45) is 5.92 Å². The summed E-state index contributed by atoms with van der Waals surface area (Å²) >= 11 is 1.68. The van der Waals surface area contributed by atoms with E-state index in [2.05, 4.69) is 9.88 Å². The van der Waals surface area contributed by atoms with Crippen LogP contribution in [0.5, 0.6) is 0 Å². The number of piperazine rings is 1. The molecule has 0 bridgehead atoms. The van der Waals surface area contributed by atoms with E-state index in [-0.39, 0.29) is 0 Å². The maximum absolute atomic E-state index is 12.2. The molecule has 4 nitrogen and oxygen atoms in total. The van der Waals surface area contributed by atoms with Gasteiger partial charge in [0.05, 0.1) is 0 Å². The standard InChI is InChI=1S/C14H21N3OS/c18-13(11-12-3-1-2-4-12)16-6-8-17(9-7-16)14-15-5-10-19-14/h5,10,12H,1-4,6-9,11H2. The molecular formula is C14H21N3OS. The Kier molecular flexibility index (Phi) is 4.01. The molecule has 0 unspecified atom stereocenters. The van der Waals surface area contributed by atoms with Crippen molar-refractivity contribution in [1.82, 2.24) is 9.88 Å². The lowest BCUT2D eigenvalue weighted by Crippen LogP contribution is -2.49. The molecule has 0 aromatic carbocycles. The first kappa shape index (κ1) is 12.9. The van der Waals surface area contributed by atoms with E-state index in [4.69, 9.17) is 0 Å². The van der Waals surface area contributed by atoms with Crippen molar-refractivity contribution in [3.63, 3.8) is 0 Å². The second kappa shape index (κ2) is 5.90. The van der Waals surface area contributed by atoms with Gasteiger partial charge in [-0.3, -0.25) is 4.79 Å². The molecule has 3 rings (SSSR count). The monoisotopic (exact) mass is 279 g/mol. The van der Waals surface area contributed by atoms with Crippen LogP contribution in [0.1, 0.15) is 32.1 Å². The molecule has 2 aliphatic rings. The Bertz CT molecular complexity index is 406. The highest BCUT2D eigenvalue weighted by Crippen LogP contribution is 2.28. The maximum Gasteiger partial charge on any atom is 0.222 e. The highest BCUT2D eigenvalue weighted by Gasteiger charge is 2.25. The highest BCUT2D eigenvalue weighted by atomic mass is 32.1. The summed E-state index contributed by atoms with van der Waals surface area (Å²) in [6.07, 6.45) is 7.76. The van der Waals surface area contributed by atoms with E-state index >= 15 is 0 Å². The molecule has 1 saturated heterocycles. The minimum absolute atomic E-state index is 0.366. The fraction of sp³-hybridized carbons (Fsp3) is 0.714. The molecule has 19 heavy (non-hydrogen) atoms. The third-order valence-electron chi connectivity index (χ3n) is 4.26. The average Bonchev–Trinajstić information content (AvgIpc) is 3.12. The number of nitrogens with zero attached hydrogens (tertiary/aromatic N) is 3. The van der Waals surface area contributed by atoms with Crippen molar-refractivity contribution in [2.45, 2.75) is 32.1 Å². The Morgan fingerprint density at radius 1 is 1.26 bits per heavy atom. The predicted molar refractivity (Wildman–Crippen MR) is 77.5 cm³/mol. The Labute approximate surface area is 118 Å². The smallest absolute Gasteiger partial charge is 0.222 e. The Hall–Kier alpha value is -1.10. The molecule has 1 aromatic rings. The summed E-state index contributed by atoms with van der Waals surface area (Å²) < 4.78 is 0. The fourth-order valence-corrected chi connectivity index (χ4v) is 3.81. The zero-order valence-corrected chi connectivity index (χ0v) is 12.1. The maximum atomic E-state index is 12.2. The van der Waals surface area contributed by atoms with E-state index in [9.17, 15) is 4.79 Å². The van der Waals surface area contributed by atoms with Crippen LogP contribution in [-0.2, 0) is 4.79 Å². The molecule has 1 aliphatic carbocycles. The Morgan fingerprint density at radius 3 is 2.63 bits per heavy atom. The van der Waals surface area contributed by atoms with Crippen LogP contribution in [0.25, 0.3) is 0 Å². The van der Waals surface area contributed by atoms with Gasteiger partial charge in [0.25, 0.3) is 0 Å². The van der Waals surface area contributed by atoms with E-state index in [1.807, 2.05) is 16.5 Å². The summed E-state index contributed by atoms with van der Waals surface area (Å²) in [7, 11) is 0. The molecule has 0 atom stereocenters. The van der Waals surface area contributed by atoms with Crippen molar-refractivity contribution >= 4 is 22.4 Å². The van der Waals surface area contributed by atoms with E-state index in [1.165, 1.54) is 25.7 Å². The third-order valence-corrected chi connectivity index (χ3v) is 5.09. The van der Waals surface area contributed by atoms with Gasteiger partial charge in [0.1, 0.15) is 0 Å². The first-order valence-electron chi connectivity index (χ1n) is 7.25. The fourth-order valence-electron chi connectivity index (χ4n) is 3.11. The number of carbonyl (C=O) groups is 1. The number of amides is 1. The summed E-state index contributed by atoms with van der Waals surface area (Å²) in [6.45, 7) is 3.55. The number of carbonyl (C=O) groups excluding carboxylic acids is 1. The number of hydrogen-bond acceptors (Lipinski definition) is 4. The van der Waals surface area contributed by atoms with Gasteiger partial charge in [0, 0.05) is 44.2 Å². The van der Waals surface area contributed by atoms with Gasteiger partial charge in [-0.25, -0.2) is 4.98 Å². The molecule has 2 heterocycles. The van der Waals surface area contributed by atoms with E-state index in [0.717, 1.165) is 37.7 Å². The molecule has 0 radical (unpaired) electrons. The van der Waals surface area contributed by atoms with Crippen molar-refractivity contribution in [2.75, 3.05) is 31.1 Å². The predicted octanol–water partition coefficient (Wildman–Crippen LogP) is 2.37. The lowest BCUT2D eigenvalue weighted by atomic mass is 10.0. The minimum Gasteiger partial charge on any atom is -0.345 e. The Morgan fingerprint density at radius 2 is 2.00 bits per heavy atom. The third kappa shape index (κ3) is 3.08. The second-order valence-electron chi connectivity index (χ2n) is 5.54. The van der Waals surface area contributed by atoms with Crippen LogP contribution < -0.4 is 4.90 Å². The van der Waals surface area contributed by atoms with Crippen LogP contribution in [0.3, 0.4) is 0 Å². The van der Waals surface area contributed by atoms with Gasteiger partial charge in [0.2, 0.25) is 5.91 Å². The molecule has 0 spiro atoms. The molecule has 1 amide bonds. The number of aromatic nitrogens is 1. The number of rotatable bonds is 3. The van der Waals surface area contributed by atoms with Gasteiger partial charge in [-0.1, -0.05) is 12.8 Å². The molecule has 5 heteroatoms. The molecule has 1 aromatic heterocycles. The van der Waals surface area contributed by atoms with Gasteiger partial charge < -0.3 is 9.80 Å². The van der Waals surface area contributed by atoms with Gasteiger partial charge in [0.15, 0.2) is 5.13 Å². The number of anilines is 1. The summed E-state index contributed by atoms with van der Waals surface area (Å²) in [5, 5.41) is 3.09. The highest BCUT2D eigenvalue weighted by molar-refractivity contribution is 7.13. The van der Waals surface area contributed by atoms with Crippen LogP contribution in [0.15, 0.2) is 11.6 Å². The quantitative estimate of drug-likeness (QED) is 0.852. The van der Waals surface area contributed by atoms with Crippen molar-refractivity contribution < 1.29 is 4.79 Å². The first-order valence-corrected chi connectivity index (χ1v) is 8.13. The van der Waals surface area contributed by atoms with E-state index in [0.29, 0.717) is 11.8 Å². The average molecular weight is 279 g/mol. The summed E-state index contributed by atoms with van der Waals surface area (Å²) in [6, 6.07) is 0. The van der Waals surface area contributed by atoms with Gasteiger partial charge in [-0.05, 0) is 18.8 Å². The first-order chi connectivity index (χ1) is 9.33. The largest absolute Gasteiger partial charge is 0.345 e. The van der Waals surface area contributed by atoms with E-state index in [1.54, 1.807) is 11.3 Å². The molecular weight excluding hydrogens is 258 g/mol. The normalized spacial score (nSPS) is 21.1. The van der Waals surface area contributed by atoms with Crippen LogP contribution >= 0.6 is 11.3 Å². The van der Waals surface area contributed by atoms with Gasteiger partial charge in [-0.15, -0.1) is 11.3 Å². The topological polar surface area (TPSA) is 36.4 Å². The molecule has 104 valence electrons. The summed E-state index contributed by atoms with van der Waals surface area (Å²) in [5.41, 5.74) is 0. The number of hydrogen-bond donors (Lipinski definition) is 0. The molecule has 1 aliphatic heterocycles. The van der Waals surface area contributed by atoms with Crippen molar-refractivity contribution in [3.8, 4) is 0 Å². The molecule has 2 fully saturated rings. The lowest BCUT2D eigenvalue weighted by Gasteiger charge is -2.35. The second-order valence-corrected chi connectivity index (χ2v) is 6.41. The zero-order chi connectivity index (χ0) is 13.1. The SMILES string of the molecule is O=C(CC1CCCC1)N1CCN(c2nccs2)CC1. The summed E-state index contributed by atoms with van der Waals surface area (Å²) in [5.74, 6) is 1.02. The van der Waals surface area contributed by atoms with Crippen LogP contribution in [0.2, 0.25) is 0 Å². The minimum atomic E-state index is 0.366. The van der Waals surface area contributed by atoms with E-state index < -0.39 is 0 Å². The van der Waals surface area contributed by atoms with Crippen LogP contribution in [-0.4, -0.2) is 42.0 Å². The molecule has 0 N–H and O–H groups in total. The lowest BCUT2D eigenvalue weighted by molar-refractivity contribution is -0.132. The Balaban J connectivity index is 1.48. The van der Waals surface area contributed by atoms with Crippen molar-refractivity contribution in [3.05, 3.63) is 11.6 Å². The van der Waals surface area contributed by atoms with Gasteiger partial charge in [-0.2, -0.15) is 0 Å². The zero-order valence-electron chi connectivity index (χ0n) is 11.3. The number of thiazole rings is 1. The van der Waals surface area contributed by atoms with Crippen molar-refractivity contribution in [1.29, 1.82) is 0 Å². The summed E-state index contributed by atoms with van der Waals surface area (Å²) in [4.78, 5) is 20.9. The molecule has 1 saturated carbocycles. The van der Waals surface area contributed by atoms with Crippen LogP contribution in [0, 0.1) is 5.92 Å².